The lowest BCUT2D eigenvalue weighted by Crippen LogP contribution is -2.50. The fourth-order valence-electron chi connectivity index (χ4n) is 6.14. The van der Waals surface area contributed by atoms with Gasteiger partial charge in [0.1, 0.15) is 30.2 Å². The minimum atomic E-state index is -1.74. The summed E-state index contributed by atoms with van der Waals surface area (Å²) in [6.45, 7) is 1.55. The number of aryl methyl sites for hydroxylation is 1. The van der Waals surface area contributed by atoms with Crippen LogP contribution in [0.15, 0.2) is 54.9 Å². The van der Waals surface area contributed by atoms with E-state index in [4.69, 9.17) is 37.8 Å². The molecule has 2 aliphatic rings. The summed E-state index contributed by atoms with van der Waals surface area (Å²) < 4.78 is 12.8. The average molecular weight is 732 g/mol. The van der Waals surface area contributed by atoms with Crippen molar-refractivity contribution in [1.82, 2.24) is 9.88 Å². The van der Waals surface area contributed by atoms with Crippen molar-refractivity contribution in [1.29, 1.82) is 0 Å². The number of para-hydroxylation sites is 1. The lowest BCUT2D eigenvalue weighted by molar-refractivity contribution is -0.139. The van der Waals surface area contributed by atoms with E-state index < -0.39 is 36.6 Å². The van der Waals surface area contributed by atoms with Crippen LogP contribution in [0.4, 0.5) is 0 Å². The number of pyridine rings is 1. The average Bonchev–Trinajstić information content (AvgIpc) is 4.07. The number of carbonyl (C=O) groups excluding carboxylic acids is 1. The van der Waals surface area contributed by atoms with Crippen molar-refractivity contribution in [3.8, 4) is 16.9 Å². The van der Waals surface area contributed by atoms with Crippen LogP contribution in [-0.4, -0.2) is 91.5 Å². The van der Waals surface area contributed by atoms with E-state index in [0.717, 1.165) is 59.3 Å². The smallest absolute Gasteiger partial charge is 0.222 e. The first kappa shape index (κ1) is 38.4. The van der Waals surface area contributed by atoms with E-state index in [1.165, 1.54) is 4.90 Å². The molecule has 10 nitrogen and oxygen atoms in total. The van der Waals surface area contributed by atoms with E-state index in [1.807, 2.05) is 49.5 Å². The highest BCUT2D eigenvalue weighted by Crippen LogP contribution is 2.53. The zero-order chi connectivity index (χ0) is 35.8. The van der Waals surface area contributed by atoms with E-state index in [1.54, 1.807) is 6.20 Å². The summed E-state index contributed by atoms with van der Waals surface area (Å²) in [6, 6.07) is 13.8. The first-order valence-corrected chi connectivity index (χ1v) is 18.2. The minimum absolute atomic E-state index is 0.198. The Bertz CT molecular complexity index is 1580. The highest BCUT2D eigenvalue weighted by molar-refractivity contribution is 6.34. The Hall–Kier alpha value is -2.80. The molecule has 1 aromatic heterocycles. The van der Waals surface area contributed by atoms with Gasteiger partial charge in [-0.05, 0) is 92.3 Å². The third-order valence-electron chi connectivity index (χ3n) is 9.40. The second kappa shape index (κ2) is 17.6. The van der Waals surface area contributed by atoms with Gasteiger partial charge in [-0.25, -0.2) is 0 Å². The Morgan fingerprint density at radius 3 is 2.38 bits per heavy atom. The minimum Gasteiger partial charge on any atom is -0.490 e. The van der Waals surface area contributed by atoms with Crippen molar-refractivity contribution < 1.29 is 39.8 Å². The lowest BCUT2D eigenvalue weighted by atomic mass is 9.96. The summed E-state index contributed by atoms with van der Waals surface area (Å²) in [7, 11) is 0. The number of ether oxygens (including phenoxy) is 2. The first-order valence-electron chi connectivity index (χ1n) is 17.5. The van der Waals surface area contributed by atoms with Crippen LogP contribution in [0.2, 0.25) is 10.0 Å². The Kier molecular flexibility index (Phi) is 13.5. The molecule has 0 saturated heterocycles. The van der Waals surface area contributed by atoms with E-state index in [-0.39, 0.29) is 31.6 Å². The number of amides is 1. The number of hydrogen-bond acceptors (Lipinski definition) is 9. The molecule has 0 aliphatic heterocycles. The van der Waals surface area contributed by atoms with Crippen molar-refractivity contribution in [2.24, 2.45) is 0 Å². The standard InChI is InChI=1S/C38H48Cl2N2O8/c1-2-17-42(21-32(44)36(47)37(48)33(45)22-43)35(46)10-6-3-7-24-18-31(40)25(19-30(24)39)23-49-38(14-15-38)29-20-41-16-13-27(29)28-8-4-5-9-34(28)50-26-11-12-26/h4-5,8-9,13,16,18-20,26,32-33,36-37,43-45,47-48H,2-3,6-7,10-12,14-15,17,21-23H2,1H3/t32-,33+,36+,37+/m0/s1. The van der Waals surface area contributed by atoms with Gasteiger partial charge in [0.2, 0.25) is 5.91 Å². The van der Waals surface area contributed by atoms with Gasteiger partial charge in [0.15, 0.2) is 0 Å². The zero-order valence-corrected chi connectivity index (χ0v) is 29.9. The fraction of sp³-hybridized carbons (Fsp3) is 0.526. The Labute approximate surface area is 303 Å². The molecule has 2 aliphatic carbocycles. The van der Waals surface area contributed by atoms with Gasteiger partial charge >= 0.3 is 0 Å². The van der Waals surface area contributed by atoms with Crippen molar-refractivity contribution in [3.63, 3.8) is 0 Å². The molecule has 1 amide bonds. The second-order valence-electron chi connectivity index (χ2n) is 13.4. The Morgan fingerprint density at radius 1 is 0.980 bits per heavy atom. The quantitative estimate of drug-likeness (QED) is 0.0990. The third-order valence-corrected chi connectivity index (χ3v) is 10.1. The van der Waals surface area contributed by atoms with Crippen LogP contribution in [-0.2, 0) is 28.2 Å². The molecule has 50 heavy (non-hydrogen) atoms. The third kappa shape index (κ3) is 9.74. The van der Waals surface area contributed by atoms with Crippen LogP contribution < -0.4 is 4.74 Å². The Morgan fingerprint density at radius 2 is 1.68 bits per heavy atom. The van der Waals surface area contributed by atoms with Gasteiger partial charge in [0.05, 0.1) is 24.9 Å². The van der Waals surface area contributed by atoms with E-state index in [0.29, 0.717) is 42.3 Å². The van der Waals surface area contributed by atoms with Crippen molar-refractivity contribution in [3.05, 3.63) is 81.6 Å². The van der Waals surface area contributed by atoms with Gasteiger partial charge in [-0.3, -0.25) is 9.78 Å². The van der Waals surface area contributed by atoms with E-state index in [9.17, 15) is 25.2 Å². The number of aromatic nitrogens is 1. The molecule has 1 heterocycles. The maximum Gasteiger partial charge on any atom is 0.222 e. The van der Waals surface area contributed by atoms with Gasteiger partial charge in [0.25, 0.3) is 0 Å². The number of halogens is 2. The molecule has 0 unspecified atom stereocenters. The highest BCUT2D eigenvalue weighted by Gasteiger charge is 2.48. The molecule has 3 aromatic rings. The fourth-order valence-corrected chi connectivity index (χ4v) is 6.66. The normalized spacial score (nSPS) is 17.5. The van der Waals surface area contributed by atoms with Crippen molar-refractivity contribution >= 4 is 29.1 Å². The predicted octanol–water partition coefficient (Wildman–Crippen LogP) is 5.19. The van der Waals surface area contributed by atoms with Crippen LogP contribution in [0, 0.1) is 0 Å². The van der Waals surface area contributed by atoms with E-state index >= 15 is 0 Å². The molecule has 5 rings (SSSR count). The van der Waals surface area contributed by atoms with Crippen LogP contribution in [0.5, 0.6) is 5.75 Å². The lowest BCUT2D eigenvalue weighted by Gasteiger charge is -2.30. The van der Waals surface area contributed by atoms with Gasteiger partial charge in [-0.1, -0.05) is 48.3 Å². The van der Waals surface area contributed by atoms with Crippen LogP contribution in [0.3, 0.4) is 0 Å². The monoisotopic (exact) mass is 730 g/mol. The summed E-state index contributed by atoms with van der Waals surface area (Å²) in [5, 5.41) is 50.2. The van der Waals surface area contributed by atoms with Crippen LogP contribution in [0.1, 0.15) is 75.0 Å². The molecule has 0 spiro atoms. The maximum atomic E-state index is 13.0. The SMILES string of the molecule is CCCN(C[C@H](O)[C@@H](O)[C@H](O)[C@H](O)CO)C(=O)CCCCc1cc(Cl)c(COC2(c3cnccc3-c3ccccc3OC3CC3)CC2)cc1Cl. The molecule has 0 bridgehead atoms. The van der Waals surface area contributed by atoms with Crippen LogP contribution in [0.25, 0.3) is 11.1 Å². The predicted molar refractivity (Wildman–Crippen MR) is 191 cm³/mol. The number of aliphatic hydroxyl groups is 5. The van der Waals surface area contributed by atoms with Gasteiger partial charge in [-0.15, -0.1) is 0 Å². The summed E-state index contributed by atoms with van der Waals surface area (Å²) in [5.74, 6) is 0.675. The number of hydrogen-bond donors (Lipinski definition) is 5. The second-order valence-corrected chi connectivity index (χ2v) is 14.2. The molecule has 0 radical (unpaired) electrons. The number of rotatable bonds is 20. The molecular formula is C38H48Cl2N2O8. The summed E-state index contributed by atoms with van der Waals surface area (Å²) >= 11 is 13.5. The number of unbranched alkanes of at least 4 members (excludes halogenated alkanes) is 1. The number of carbonyl (C=O) groups is 1. The summed E-state index contributed by atoms with van der Waals surface area (Å²) in [6.07, 6.45) is 3.99. The molecule has 2 fully saturated rings. The van der Waals surface area contributed by atoms with Crippen LogP contribution >= 0.6 is 23.2 Å². The Balaban J connectivity index is 1.15. The summed E-state index contributed by atoms with van der Waals surface area (Å²) in [5.41, 5.74) is 4.30. The topological polar surface area (TPSA) is 153 Å². The van der Waals surface area contributed by atoms with Crippen molar-refractivity contribution in [2.45, 2.75) is 107 Å². The molecule has 272 valence electrons. The zero-order valence-electron chi connectivity index (χ0n) is 28.4. The summed E-state index contributed by atoms with van der Waals surface area (Å²) in [4.78, 5) is 18.8. The largest absolute Gasteiger partial charge is 0.490 e. The number of aliphatic hydroxyl groups excluding tert-OH is 5. The van der Waals surface area contributed by atoms with Gasteiger partial charge < -0.3 is 39.9 Å². The molecule has 5 N–H and O–H groups in total. The van der Waals surface area contributed by atoms with Gasteiger partial charge in [-0.2, -0.15) is 0 Å². The first-order chi connectivity index (χ1) is 24.1. The highest BCUT2D eigenvalue weighted by atomic mass is 35.5. The number of nitrogens with zero attached hydrogens (tertiary/aromatic N) is 2. The molecule has 4 atom stereocenters. The number of benzene rings is 2. The molecule has 12 heteroatoms. The van der Waals surface area contributed by atoms with E-state index in [2.05, 4.69) is 11.1 Å². The molecule has 2 aromatic carbocycles. The molecular weight excluding hydrogens is 683 g/mol. The van der Waals surface area contributed by atoms with Gasteiger partial charge in [0, 0.05) is 53.1 Å². The molecule has 2 saturated carbocycles. The van der Waals surface area contributed by atoms with Crippen molar-refractivity contribution in [2.75, 3.05) is 19.7 Å². The maximum absolute atomic E-state index is 13.0.